The van der Waals surface area contributed by atoms with Crippen LogP contribution in [-0.4, -0.2) is 69.2 Å². The first-order valence-electron chi connectivity index (χ1n) is 9.25. The van der Waals surface area contributed by atoms with Gasteiger partial charge in [0.2, 0.25) is 5.82 Å². The van der Waals surface area contributed by atoms with Gasteiger partial charge < -0.3 is 15.1 Å². The first-order chi connectivity index (χ1) is 13.6. The third-order valence-electron chi connectivity index (χ3n) is 4.92. The van der Waals surface area contributed by atoms with E-state index in [9.17, 15) is 9.59 Å². The molecule has 144 valence electrons. The minimum atomic E-state index is -0.315. The average molecular weight is 378 g/mol. The fraction of sp³-hybridized carbons (Fsp3) is 0.300. The molecule has 0 radical (unpaired) electrons. The predicted octanol–water partition coefficient (Wildman–Crippen LogP) is 1.05. The van der Waals surface area contributed by atoms with Crippen molar-refractivity contribution in [1.29, 1.82) is 0 Å². The summed E-state index contributed by atoms with van der Waals surface area (Å²) in [7, 11) is 2.04. The number of aromatic nitrogens is 3. The van der Waals surface area contributed by atoms with E-state index in [1.807, 2.05) is 31.3 Å². The highest BCUT2D eigenvalue weighted by molar-refractivity contribution is 6.02. The summed E-state index contributed by atoms with van der Waals surface area (Å²) in [5.41, 5.74) is 1.76. The van der Waals surface area contributed by atoms with Crippen molar-refractivity contribution in [3.05, 3.63) is 66.0 Å². The molecule has 0 saturated carbocycles. The van der Waals surface area contributed by atoms with Crippen LogP contribution in [0, 0.1) is 0 Å². The molecule has 3 aromatic rings. The summed E-state index contributed by atoms with van der Waals surface area (Å²) in [6, 6.07) is 9.17. The van der Waals surface area contributed by atoms with Gasteiger partial charge in [-0.15, -0.1) is 0 Å². The molecule has 2 amide bonds. The van der Waals surface area contributed by atoms with Gasteiger partial charge in [-0.25, -0.2) is 4.98 Å². The zero-order valence-corrected chi connectivity index (χ0v) is 15.7. The Bertz CT molecular complexity index is 992. The van der Waals surface area contributed by atoms with E-state index in [4.69, 9.17) is 0 Å². The van der Waals surface area contributed by atoms with Gasteiger partial charge >= 0.3 is 0 Å². The highest BCUT2D eigenvalue weighted by Crippen LogP contribution is 2.16. The van der Waals surface area contributed by atoms with E-state index in [0.29, 0.717) is 25.2 Å². The number of nitrogens with zero attached hydrogens (tertiary/aromatic N) is 5. The van der Waals surface area contributed by atoms with Gasteiger partial charge in [0.1, 0.15) is 0 Å². The van der Waals surface area contributed by atoms with Crippen LogP contribution < -0.4 is 5.32 Å². The number of hydrogen-bond acceptors (Lipinski definition) is 5. The maximum Gasteiger partial charge on any atom is 0.290 e. The lowest BCUT2D eigenvalue weighted by Crippen LogP contribution is -2.47. The summed E-state index contributed by atoms with van der Waals surface area (Å²) in [5.74, 6) is -0.197. The summed E-state index contributed by atoms with van der Waals surface area (Å²) >= 11 is 0. The number of likely N-dealkylation sites (N-methyl/N-ethyl adjacent to an activating group) is 1. The van der Waals surface area contributed by atoms with Gasteiger partial charge in [0.25, 0.3) is 11.8 Å². The van der Waals surface area contributed by atoms with Crippen LogP contribution in [0.5, 0.6) is 0 Å². The molecule has 0 bridgehead atoms. The third kappa shape index (κ3) is 3.59. The lowest BCUT2D eigenvalue weighted by atomic mass is 10.2. The van der Waals surface area contributed by atoms with Crippen molar-refractivity contribution in [2.75, 3.05) is 33.2 Å². The molecule has 28 heavy (non-hydrogen) atoms. The number of nitrogens with one attached hydrogen (secondary N) is 1. The average Bonchev–Trinajstić information content (AvgIpc) is 3.13. The first kappa shape index (κ1) is 18.1. The Morgan fingerprint density at radius 2 is 1.93 bits per heavy atom. The Morgan fingerprint density at radius 3 is 2.68 bits per heavy atom. The standard InChI is InChI=1S/C20H22N6O2/c1-24-9-11-25(12-10-24)20(28)18-23-17(16-6-2-3-8-26(16)18)19(27)22-14-15-5-4-7-21-13-15/h2-8,13H,9-12,14H2,1H3,(H,22,27). The van der Waals surface area contributed by atoms with E-state index in [-0.39, 0.29) is 23.3 Å². The van der Waals surface area contributed by atoms with Crippen LogP contribution in [0.25, 0.3) is 5.52 Å². The molecule has 0 aromatic carbocycles. The summed E-state index contributed by atoms with van der Waals surface area (Å²) < 4.78 is 1.69. The minimum Gasteiger partial charge on any atom is -0.346 e. The van der Waals surface area contributed by atoms with Crippen molar-refractivity contribution in [1.82, 2.24) is 29.5 Å². The molecule has 0 aliphatic carbocycles. The van der Waals surface area contributed by atoms with Crippen molar-refractivity contribution >= 4 is 17.3 Å². The van der Waals surface area contributed by atoms with Gasteiger partial charge in [0, 0.05) is 51.3 Å². The van der Waals surface area contributed by atoms with Gasteiger partial charge in [0.05, 0.1) is 5.52 Å². The van der Waals surface area contributed by atoms with Crippen molar-refractivity contribution < 1.29 is 9.59 Å². The zero-order valence-electron chi connectivity index (χ0n) is 15.7. The fourth-order valence-corrected chi connectivity index (χ4v) is 3.28. The third-order valence-corrected chi connectivity index (χ3v) is 4.92. The molecule has 0 spiro atoms. The molecular formula is C20H22N6O2. The molecule has 1 fully saturated rings. The van der Waals surface area contributed by atoms with E-state index >= 15 is 0 Å². The molecule has 8 nitrogen and oxygen atoms in total. The molecule has 1 aliphatic rings. The number of pyridine rings is 2. The van der Waals surface area contributed by atoms with E-state index in [1.54, 1.807) is 34.0 Å². The van der Waals surface area contributed by atoms with Gasteiger partial charge in [-0.2, -0.15) is 0 Å². The quantitative estimate of drug-likeness (QED) is 0.734. The van der Waals surface area contributed by atoms with Crippen LogP contribution in [0.3, 0.4) is 0 Å². The summed E-state index contributed by atoms with van der Waals surface area (Å²) in [5, 5.41) is 2.86. The normalized spacial score (nSPS) is 15.0. The SMILES string of the molecule is CN1CCN(C(=O)c2nc(C(=O)NCc3cccnc3)c3ccccn23)CC1. The summed E-state index contributed by atoms with van der Waals surface area (Å²) in [4.78, 5) is 38.2. The summed E-state index contributed by atoms with van der Waals surface area (Å²) in [6.07, 6.45) is 5.15. The highest BCUT2D eigenvalue weighted by Gasteiger charge is 2.26. The highest BCUT2D eigenvalue weighted by atomic mass is 16.2. The van der Waals surface area contributed by atoms with Crippen LogP contribution in [0.2, 0.25) is 0 Å². The molecule has 1 aliphatic heterocycles. The number of carbonyl (C=O) groups is 2. The number of rotatable bonds is 4. The number of imidazole rings is 1. The molecule has 3 aromatic heterocycles. The van der Waals surface area contributed by atoms with E-state index < -0.39 is 0 Å². The van der Waals surface area contributed by atoms with Crippen molar-refractivity contribution in [2.45, 2.75) is 6.54 Å². The number of amides is 2. The van der Waals surface area contributed by atoms with E-state index in [1.165, 1.54) is 0 Å². The lowest BCUT2D eigenvalue weighted by molar-refractivity contribution is 0.0651. The molecule has 0 unspecified atom stereocenters. The first-order valence-corrected chi connectivity index (χ1v) is 9.25. The Labute approximate surface area is 162 Å². The largest absolute Gasteiger partial charge is 0.346 e. The predicted molar refractivity (Wildman–Crippen MR) is 104 cm³/mol. The van der Waals surface area contributed by atoms with Gasteiger partial charge in [-0.05, 0) is 30.8 Å². The maximum atomic E-state index is 13.0. The van der Waals surface area contributed by atoms with E-state index in [2.05, 4.69) is 20.2 Å². The van der Waals surface area contributed by atoms with Crippen LogP contribution in [-0.2, 0) is 6.54 Å². The topological polar surface area (TPSA) is 82.8 Å². The van der Waals surface area contributed by atoms with Crippen molar-refractivity contribution in [3.63, 3.8) is 0 Å². The number of carbonyl (C=O) groups excluding carboxylic acids is 2. The van der Waals surface area contributed by atoms with Crippen LogP contribution >= 0.6 is 0 Å². The number of piperazine rings is 1. The van der Waals surface area contributed by atoms with Gasteiger partial charge in [-0.3, -0.25) is 19.0 Å². The molecular weight excluding hydrogens is 356 g/mol. The monoisotopic (exact) mass is 378 g/mol. The molecule has 8 heteroatoms. The second kappa shape index (κ2) is 7.77. The maximum absolute atomic E-state index is 13.0. The Hall–Kier alpha value is -3.26. The second-order valence-corrected chi connectivity index (χ2v) is 6.88. The summed E-state index contributed by atoms with van der Waals surface area (Å²) in [6.45, 7) is 3.31. The lowest BCUT2D eigenvalue weighted by Gasteiger charge is -2.31. The number of hydrogen-bond donors (Lipinski definition) is 1. The number of fused-ring (bicyclic) bond motifs is 1. The smallest absolute Gasteiger partial charge is 0.290 e. The van der Waals surface area contributed by atoms with Gasteiger partial charge in [0.15, 0.2) is 5.69 Å². The second-order valence-electron chi connectivity index (χ2n) is 6.88. The Morgan fingerprint density at radius 1 is 1.11 bits per heavy atom. The molecule has 1 N–H and O–H groups in total. The van der Waals surface area contributed by atoms with Gasteiger partial charge in [-0.1, -0.05) is 12.1 Å². The molecule has 0 atom stereocenters. The fourth-order valence-electron chi connectivity index (χ4n) is 3.28. The van der Waals surface area contributed by atoms with E-state index in [0.717, 1.165) is 18.7 Å². The molecule has 4 heterocycles. The molecule has 1 saturated heterocycles. The van der Waals surface area contributed by atoms with Crippen molar-refractivity contribution in [3.8, 4) is 0 Å². The van der Waals surface area contributed by atoms with Crippen LogP contribution in [0.15, 0.2) is 48.9 Å². The van der Waals surface area contributed by atoms with Crippen LogP contribution in [0.1, 0.15) is 26.7 Å². The molecule has 4 rings (SSSR count). The minimum absolute atomic E-state index is 0.152. The Kier molecular flexibility index (Phi) is 5.03. The van der Waals surface area contributed by atoms with Crippen molar-refractivity contribution in [2.24, 2.45) is 0 Å². The zero-order chi connectivity index (χ0) is 19.5. The van der Waals surface area contributed by atoms with Crippen LogP contribution in [0.4, 0.5) is 0 Å². The Balaban J connectivity index is 1.59.